The predicted molar refractivity (Wildman–Crippen MR) is 110 cm³/mol. The maximum Gasteiger partial charge on any atom is 0.162 e. The predicted octanol–water partition coefficient (Wildman–Crippen LogP) is 4.92. The number of hydrogen-bond donors (Lipinski definition) is 2. The normalized spacial score (nSPS) is 57.5. The van der Waals surface area contributed by atoms with Crippen molar-refractivity contribution in [2.45, 2.75) is 92.0 Å². The average molecular weight is 389 g/mol. The minimum Gasteiger partial charge on any atom is -0.393 e. The first-order valence-electron chi connectivity index (χ1n) is 11.7. The Balaban J connectivity index is 1.59. The van der Waals surface area contributed by atoms with Gasteiger partial charge in [0.1, 0.15) is 0 Å². The zero-order valence-electron chi connectivity index (χ0n) is 18.5. The van der Waals surface area contributed by atoms with Gasteiger partial charge in [0.2, 0.25) is 0 Å². The zero-order chi connectivity index (χ0) is 20.1. The van der Waals surface area contributed by atoms with Gasteiger partial charge in [0.05, 0.1) is 12.7 Å². The topological polar surface area (TPSA) is 49.7 Å². The summed E-state index contributed by atoms with van der Waals surface area (Å²) < 4.78 is 5.64. The van der Waals surface area contributed by atoms with Crippen LogP contribution in [0.15, 0.2) is 11.6 Å². The summed E-state index contributed by atoms with van der Waals surface area (Å²) in [5.74, 6) is 1.72. The van der Waals surface area contributed by atoms with Crippen molar-refractivity contribution < 1.29 is 14.9 Å². The summed E-state index contributed by atoms with van der Waals surface area (Å²) in [6.45, 7) is 12.9. The van der Waals surface area contributed by atoms with Crippen molar-refractivity contribution in [3.8, 4) is 0 Å². The first kappa shape index (κ1) is 19.6. The van der Waals surface area contributed by atoms with Gasteiger partial charge in [-0.1, -0.05) is 47.1 Å². The van der Waals surface area contributed by atoms with Crippen LogP contribution in [0.25, 0.3) is 0 Å². The first-order chi connectivity index (χ1) is 13.0. The van der Waals surface area contributed by atoms with Gasteiger partial charge in [-0.3, -0.25) is 0 Å². The molecule has 4 fully saturated rings. The molecule has 9 atom stereocenters. The van der Waals surface area contributed by atoms with Gasteiger partial charge in [-0.15, -0.1) is 0 Å². The van der Waals surface area contributed by atoms with Crippen LogP contribution in [0.1, 0.15) is 79.6 Å². The van der Waals surface area contributed by atoms with E-state index in [0.717, 1.165) is 18.8 Å². The smallest absolute Gasteiger partial charge is 0.162 e. The third-order valence-electron chi connectivity index (χ3n) is 11.0. The molecule has 1 saturated heterocycles. The first-order valence-corrected chi connectivity index (χ1v) is 11.7. The van der Waals surface area contributed by atoms with Crippen LogP contribution < -0.4 is 0 Å². The molecule has 28 heavy (non-hydrogen) atoms. The molecule has 0 aromatic rings. The van der Waals surface area contributed by atoms with Crippen LogP contribution in [0.2, 0.25) is 0 Å². The summed E-state index contributed by atoms with van der Waals surface area (Å²) in [5.41, 5.74) is 1.92. The number of ether oxygens (including phenoxy) is 1. The summed E-state index contributed by atoms with van der Waals surface area (Å²) in [4.78, 5) is 0. The van der Waals surface area contributed by atoms with E-state index in [1.807, 2.05) is 0 Å². The summed E-state index contributed by atoms with van der Waals surface area (Å²) in [6.07, 6.45) is 9.73. The van der Waals surface area contributed by atoms with Crippen LogP contribution in [0.3, 0.4) is 0 Å². The molecule has 0 radical (unpaired) electrons. The summed E-state index contributed by atoms with van der Waals surface area (Å²) in [6, 6.07) is 0. The van der Waals surface area contributed by atoms with Gasteiger partial charge in [-0.05, 0) is 78.1 Å². The third kappa shape index (κ3) is 2.22. The highest BCUT2D eigenvalue weighted by molar-refractivity contribution is 5.27. The molecule has 3 saturated carbocycles. The number of allylic oxidation sites excluding steroid dienone is 1. The van der Waals surface area contributed by atoms with Gasteiger partial charge in [0.15, 0.2) is 6.29 Å². The molecular formula is C25H40O3. The molecule has 9 unspecified atom stereocenters. The number of rotatable bonds is 0. The largest absolute Gasteiger partial charge is 0.393 e. The van der Waals surface area contributed by atoms with Crippen molar-refractivity contribution in [3.05, 3.63) is 11.6 Å². The van der Waals surface area contributed by atoms with E-state index in [0.29, 0.717) is 29.3 Å². The molecule has 1 heterocycles. The van der Waals surface area contributed by atoms with E-state index in [1.54, 1.807) is 0 Å². The Bertz CT molecular complexity index is 698. The van der Waals surface area contributed by atoms with Crippen molar-refractivity contribution in [2.75, 3.05) is 6.61 Å². The van der Waals surface area contributed by atoms with Gasteiger partial charge in [-0.25, -0.2) is 0 Å². The fraction of sp³-hybridized carbons (Fsp3) is 0.920. The van der Waals surface area contributed by atoms with E-state index in [4.69, 9.17) is 4.74 Å². The van der Waals surface area contributed by atoms with Gasteiger partial charge in [0.25, 0.3) is 0 Å². The van der Waals surface area contributed by atoms with Crippen molar-refractivity contribution in [3.63, 3.8) is 0 Å². The monoisotopic (exact) mass is 388 g/mol. The highest BCUT2D eigenvalue weighted by atomic mass is 16.6. The molecule has 0 aromatic carbocycles. The van der Waals surface area contributed by atoms with Crippen molar-refractivity contribution in [1.29, 1.82) is 0 Å². The standard InChI is InChI=1S/C25H40O3/c1-22(2)10-6-11-23(3)16(22)9-12-24(4)17-8-7-15-14-28-21(27)20(15)25(17,5)19(26)13-18(23)24/h7,16-21,26-27H,6,8-14H2,1-5H3. The Morgan fingerprint density at radius 1 is 0.929 bits per heavy atom. The molecule has 5 rings (SSSR count). The van der Waals surface area contributed by atoms with E-state index in [9.17, 15) is 10.2 Å². The van der Waals surface area contributed by atoms with Gasteiger partial charge >= 0.3 is 0 Å². The lowest BCUT2D eigenvalue weighted by Crippen LogP contribution is -2.66. The quantitative estimate of drug-likeness (QED) is 0.579. The van der Waals surface area contributed by atoms with E-state index in [2.05, 4.69) is 40.7 Å². The maximum absolute atomic E-state index is 11.6. The molecule has 158 valence electrons. The molecule has 0 amide bonds. The average Bonchev–Trinajstić information content (AvgIpc) is 2.99. The molecule has 0 bridgehead atoms. The molecule has 2 N–H and O–H groups in total. The molecule has 5 aliphatic rings. The molecule has 0 aromatic heterocycles. The molecule has 3 heteroatoms. The maximum atomic E-state index is 11.6. The highest BCUT2D eigenvalue weighted by Crippen LogP contribution is 2.73. The van der Waals surface area contributed by atoms with Crippen LogP contribution in [0.4, 0.5) is 0 Å². The molecule has 4 aliphatic carbocycles. The van der Waals surface area contributed by atoms with E-state index in [-0.39, 0.29) is 22.9 Å². The molecule has 1 aliphatic heterocycles. The van der Waals surface area contributed by atoms with E-state index < -0.39 is 6.29 Å². The Hall–Kier alpha value is -0.380. The Kier molecular flexibility index (Phi) is 4.09. The van der Waals surface area contributed by atoms with Crippen molar-refractivity contribution in [2.24, 2.45) is 45.3 Å². The number of hydrogen-bond acceptors (Lipinski definition) is 3. The second kappa shape index (κ2) is 5.86. The van der Waals surface area contributed by atoms with Crippen LogP contribution in [-0.4, -0.2) is 29.2 Å². The second-order valence-electron chi connectivity index (χ2n) is 12.4. The van der Waals surface area contributed by atoms with Gasteiger partial charge < -0.3 is 14.9 Å². The third-order valence-corrected chi connectivity index (χ3v) is 11.0. The second-order valence-corrected chi connectivity index (χ2v) is 12.4. The van der Waals surface area contributed by atoms with Crippen LogP contribution >= 0.6 is 0 Å². The number of aliphatic hydroxyl groups excluding tert-OH is 2. The zero-order valence-corrected chi connectivity index (χ0v) is 18.5. The summed E-state index contributed by atoms with van der Waals surface area (Å²) in [5, 5.41) is 22.3. The minimum atomic E-state index is -0.755. The number of aliphatic hydroxyl groups is 2. The Morgan fingerprint density at radius 3 is 2.39 bits per heavy atom. The lowest BCUT2D eigenvalue weighted by molar-refractivity contribution is -0.247. The number of fused-ring (bicyclic) bond motifs is 7. The molecule has 0 spiro atoms. The minimum absolute atomic E-state index is 0.0349. The Labute approximate surface area is 170 Å². The van der Waals surface area contributed by atoms with E-state index >= 15 is 0 Å². The SMILES string of the molecule is CC1(C)CCCC2(C)C1CCC1(C)C2CC(O)C2(C)C3C(=CCC12)COC3O. The molecule has 3 nitrogen and oxygen atoms in total. The highest BCUT2D eigenvalue weighted by Gasteiger charge is 2.69. The van der Waals surface area contributed by atoms with E-state index in [1.165, 1.54) is 37.7 Å². The van der Waals surface area contributed by atoms with Gasteiger partial charge in [-0.2, -0.15) is 0 Å². The van der Waals surface area contributed by atoms with Crippen molar-refractivity contribution >= 4 is 0 Å². The summed E-state index contributed by atoms with van der Waals surface area (Å²) in [7, 11) is 0. The van der Waals surface area contributed by atoms with Crippen LogP contribution in [0, 0.1) is 45.3 Å². The van der Waals surface area contributed by atoms with Gasteiger partial charge in [0, 0.05) is 11.3 Å². The fourth-order valence-electron chi connectivity index (χ4n) is 9.72. The lowest BCUT2D eigenvalue weighted by atomic mass is 9.35. The van der Waals surface area contributed by atoms with Crippen LogP contribution in [0.5, 0.6) is 0 Å². The Morgan fingerprint density at radius 2 is 1.64 bits per heavy atom. The summed E-state index contributed by atoms with van der Waals surface area (Å²) >= 11 is 0. The molecular weight excluding hydrogens is 348 g/mol. The fourth-order valence-corrected chi connectivity index (χ4v) is 9.72. The van der Waals surface area contributed by atoms with Crippen molar-refractivity contribution in [1.82, 2.24) is 0 Å². The lowest BCUT2D eigenvalue weighted by Gasteiger charge is -2.70. The van der Waals surface area contributed by atoms with Crippen LogP contribution in [-0.2, 0) is 4.74 Å².